The van der Waals surface area contributed by atoms with Crippen molar-refractivity contribution in [2.75, 3.05) is 13.7 Å². The first-order chi connectivity index (χ1) is 10.1. The molecular weight excluding hydrogens is 271 g/mol. The number of ether oxygens (including phenoxy) is 1. The van der Waals surface area contributed by atoms with Gasteiger partial charge < -0.3 is 10.1 Å². The minimum atomic E-state index is -0.607. The molecule has 1 aromatic carbocycles. The summed E-state index contributed by atoms with van der Waals surface area (Å²) in [5, 5.41) is 2.66. The zero-order valence-corrected chi connectivity index (χ0v) is 12.0. The fourth-order valence-electron chi connectivity index (χ4n) is 2.00. The van der Waals surface area contributed by atoms with Crippen molar-refractivity contribution in [2.45, 2.75) is 13.3 Å². The predicted octanol–water partition coefficient (Wildman–Crippen LogP) is 2.51. The van der Waals surface area contributed by atoms with E-state index in [1.165, 1.54) is 12.3 Å². The molecule has 0 saturated heterocycles. The van der Waals surface area contributed by atoms with Crippen molar-refractivity contribution in [3.8, 4) is 5.75 Å². The highest BCUT2D eigenvalue weighted by atomic mass is 19.1. The van der Waals surface area contributed by atoms with Crippen LogP contribution in [-0.4, -0.2) is 24.5 Å². The number of methoxy groups -OCH3 is 1. The summed E-state index contributed by atoms with van der Waals surface area (Å²) in [6.45, 7) is 2.10. The quantitative estimate of drug-likeness (QED) is 0.919. The molecule has 21 heavy (non-hydrogen) atoms. The number of hydrogen-bond donors (Lipinski definition) is 1. The zero-order chi connectivity index (χ0) is 15.2. The summed E-state index contributed by atoms with van der Waals surface area (Å²) in [4.78, 5) is 15.7. The summed E-state index contributed by atoms with van der Waals surface area (Å²) >= 11 is 0. The molecule has 1 heterocycles. The number of aromatic nitrogens is 1. The maximum atomic E-state index is 13.6. The molecule has 2 rings (SSSR count). The van der Waals surface area contributed by atoms with Gasteiger partial charge in [-0.25, -0.2) is 9.37 Å². The van der Waals surface area contributed by atoms with Crippen molar-refractivity contribution < 1.29 is 13.9 Å². The Kier molecular flexibility index (Phi) is 4.87. The van der Waals surface area contributed by atoms with Crippen molar-refractivity contribution in [2.24, 2.45) is 0 Å². The van der Waals surface area contributed by atoms with Gasteiger partial charge in [-0.05, 0) is 36.6 Å². The van der Waals surface area contributed by atoms with Gasteiger partial charge in [0.25, 0.3) is 5.91 Å². The van der Waals surface area contributed by atoms with Gasteiger partial charge in [0.1, 0.15) is 5.75 Å². The minimum absolute atomic E-state index is 0.180. The number of halogens is 1. The molecule has 4 nitrogen and oxygen atoms in total. The smallest absolute Gasteiger partial charge is 0.272 e. The predicted molar refractivity (Wildman–Crippen MR) is 78.0 cm³/mol. The van der Waals surface area contributed by atoms with Crippen molar-refractivity contribution in [1.29, 1.82) is 0 Å². The van der Waals surface area contributed by atoms with Crippen LogP contribution >= 0.6 is 0 Å². The lowest BCUT2D eigenvalue weighted by atomic mass is 10.1. The maximum Gasteiger partial charge on any atom is 0.272 e. The molecule has 0 aliphatic rings. The normalized spacial score (nSPS) is 10.2. The molecule has 0 fully saturated rings. The van der Waals surface area contributed by atoms with E-state index >= 15 is 0 Å². The van der Waals surface area contributed by atoms with Gasteiger partial charge in [0, 0.05) is 12.7 Å². The lowest BCUT2D eigenvalue weighted by molar-refractivity contribution is 0.0944. The Morgan fingerprint density at radius 3 is 2.86 bits per heavy atom. The Morgan fingerprint density at radius 2 is 2.14 bits per heavy atom. The van der Waals surface area contributed by atoms with E-state index in [0.29, 0.717) is 18.5 Å². The van der Waals surface area contributed by atoms with Crippen LogP contribution in [0.2, 0.25) is 0 Å². The van der Waals surface area contributed by atoms with Gasteiger partial charge in [0.15, 0.2) is 11.5 Å². The fraction of sp³-hybridized carbons (Fsp3) is 0.250. The minimum Gasteiger partial charge on any atom is -0.496 e. The van der Waals surface area contributed by atoms with Gasteiger partial charge >= 0.3 is 0 Å². The number of hydrogen-bond acceptors (Lipinski definition) is 3. The molecule has 1 aromatic heterocycles. The Bertz CT molecular complexity index is 644. The Labute approximate surface area is 123 Å². The number of amides is 1. The van der Waals surface area contributed by atoms with Crippen LogP contribution < -0.4 is 10.1 Å². The van der Waals surface area contributed by atoms with Crippen LogP contribution in [0.5, 0.6) is 5.75 Å². The number of carbonyl (C=O) groups excluding carboxylic acids is 1. The second kappa shape index (κ2) is 6.83. The molecule has 0 atom stereocenters. The fourth-order valence-corrected chi connectivity index (χ4v) is 2.00. The third kappa shape index (κ3) is 3.78. The zero-order valence-electron chi connectivity index (χ0n) is 12.0. The third-order valence-corrected chi connectivity index (χ3v) is 3.07. The first-order valence-corrected chi connectivity index (χ1v) is 6.64. The Hall–Kier alpha value is -2.43. The van der Waals surface area contributed by atoms with E-state index in [0.717, 1.165) is 11.3 Å². The molecule has 0 spiro atoms. The number of rotatable bonds is 5. The average Bonchev–Trinajstić information content (AvgIpc) is 2.47. The maximum absolute atomic E-state index is 13.6. The standard InChI is InChI=1S/C16H17FN2O2/c1-11-9-13(17)15(19-10-11)16(20)18-8-7-12-5-3-4-6-14(12)21-2/h3-6,9-10H,7-8H2,1-2H3,(H,18,20). The van der Waals surface area contributed by atoms with Gasteiger partial charge in [-0.3, -0.25) is 4.79 Å². The molecule has 0 aliphatic heterocycles. The topological polar surface area (TPSA) is 51.2 Å². The van der Waals surface area contributed by atoms with Crippen LogP contribution in [0.25, 0.3) is 0 Å². The Balaban J connectivity index is 1.95. The first kappa shape index (κ1) is 15.0. The van der Waals surface area contributed by atoms with Crippen LogP contribution in [0, 0.1) is 12.7 Å². The molecule has 1 amide bonds. The molecule has 5 heteroatoms. The largest absolute Gasteiger partial charge is 0.496 e. The number of para-hydroxylation sites is 1. The van der Waals surface area contributed by atoms with E-state index in [-0.39, 0.29) is 5.69 Å². The van der Waals surface area contributed by atoms with E-state index < -0.39 is 11.7 Å². The van der Waals surface area contributed by atoms with E-state index in [1.807, 2.05) is 24.3 Å². The second-order valence-electron chi connectivity index (χ2n) is 4.66. The van der Waals surface area contributed by atoms with Crippen molar-refractivity contribution >= 4 is 5.91 Å². The highest BCUT2D eigenvalue weighted by molar-refractivity contribution is 5.92. The number of nitrogens with one attached hydrogen (secondary N) is 1. The molecule has 0 saturated carbocycles. The Morgan fingerprint density at radius 1 is 1.38 bits per heavy atom. The summed E-state index contributed by atoms with van der Waals surface area (Å²) in [5.41, 5.74) is 1.48. The number of benzene rings is 1. The molecular formula is C16H17FN2O2. The molecule has 0 aliphatic carbocycles. The third-order valence-electron chi connectivity index (χ3n) is 3.07. The number of nitrogens with zero attached hydrogens (tertiary/aromatic N) is 1. The summed E-state index contributed by atoms with van der Waals surface area (Å²) in [7, 11) is 1.60. The van der Waals surface area contributed by atoms with Crippen LogP contribution in [0.15, 0.2) is 36.5 Å². The second-order valence-corrected chi connectivity index (χ2v) is 4.66. The summed E-state index contributed by atoms with van der Waals surface area (Å²) in [5.74, 6) is -0.349. The lowest BCUT2D eigenvalue weighted by Gasteiger charge is -2.09. The molecule has 2 aromatic rings. The van der Waals surface area contributed by atoms with Gasteiger partial charge in [-0.1, -0.05) is 18.2 Å². The summed E-state index contributed by atoms with van der Waals surface area (Å²) in [6, 6.07) is 8.86. The van der Waals surface area contributed by atoms with Crippen molar-refractivity contribution in [1.82, 2.24) is 10.3 Å². The van der Waals surface area contributed by atoms with Crippen LogP contribution in [0.4, 0.5) is 4.39 Å². The summed E-state index contributed by atoms with van der Waals surface area (Å²) in [6.07, 6.45) is 2.07. The lowest BCUT2D eigenvalue weighted by Crippen LogP contribution is -2.27. The number of pyridine rings is 1. The van der Waals surface area contributed by atoms with Crippen LogP contribution in [0.3, 0.4) is 0 Å². The van der Waals surface area contributed by atoms with E-state index in [4.69, 9.17) is 4.74 Å². The van der Waals surface area contributed by atoms with E-state index in [9.17, 15) is 9.18 Å². The number of carbonyl (C=O) groups is 1. The van der Waals surface area contributed by atoms with E-state index in [1.54, 1.807) is 14.0 Å². The highest BCUT2D eigenvalue weighted by Gasteiger charge is 2.13. The van der Waals surface area contributed by atoms with Gasteiger partial charge in [-0.2, -0.15) is 0 Å². The monoisotopic (exact) mass is 288 g/mol. The summed E-state index contributed by atoms with van der Waals surface area (Å²) < 4.78 is 18.9. The number of aryl methyl sites for hydroxylation is 1. The molecule has 0 bridgehead atoms. The van der Waals surface area contributed by atoms with Gasteiger partial charge in [-0.15, -0.1) is 0 Å². The van der Waals surface area contributed by atoms with Crippen molar-refractivity contribution in [3.05, 3.63) is 59.2 Å². The van der Waals surface area contributed by atoms with Crippen LogP contribution in [-0.2, 0) is 6.42 Å². The SMILES string of the molecule is COc1ccccc1CCNC(=O)c1ncc(C)cc1F. The van der Waals surface area contributed by atoms with Crippen molar-refractivity contribution in [3.63, 3.8) is 0 Å². The molecule has 0 radical (unpaired) electrons. The average molecular weight is 288 g/mol. The molecule has 1 N–H and O–H groups in total. The molecule has 110 valence electrons. The highest BCUT2D eigenvalue weighted by Crippen LogP contribution is 2.17. The molecule has 0 unspecified atom stereocenters. The first-order valence-electron chi connectivity index (χ1n) is 6.64. The van der Waals surface area contributed by atoms with E-state index in [2.05, 4.69) is 10.3 Å². The van der Waals surface area contributed by atoms with Crippen LogP contribution in [0.1, 0.15) is 21.6 Å². The van der Waals surface area contributed by atoms with Gasteiger partial charge in [0.2, 0.25) is 0 Å². The van der Waals surface area contributed by atoms with Gasteiger partial charge in [0.05, 0.1) is 7.11 Å².